The Kier molecular flexibility index (Phi) is 6.04. The number of benzene rings is 2. The lowest BCUT2D eigenvalue weighted by Gasteiger charge is -2.11. The number of H-pyrrole nitrogens is 1. The van der Waals surface area contributed by atoms with E-state index >= 15 is 0 Å². The first kappa shape index (κ1) is 21.3. The highest BCUT2D eigenvalue weighted by Crippen LogP contribution is 2.23. The molecule has 2 aromatic heterocycles. The van der Waals surface area contributed by atoms with Gasteiger partial charge in [-0.15, -0.1) is 0 Å². The molecule has 4 N–H and O–H groups in total. The Bertz CT molecular complexity index is 1300. The van der Waals surface area contributed by atoms with Crippen molar-refractivity contribution in [2.75, 3.05) is 17.7 Å². The lowest BCUT2D eigenvalue weighted by atomic mass is 10.1. The second-order valence-corrected chi connectivity index (χ2v) is 7.54. The van der Waals surface area contributed by atoms with Crippen LogP contribution in [0.25, 0.3) is 10.9 Å². The highest BCUT2D eigenvalue weighted by atomic mass is 35.5. The minimum atomic E-state index is -1.01. The number of anilines is 2. The number of carboxylic acid groups (broad SMARTS) is 1. The summed E-state index contributed by atoms with van der Waals surface area (Å²) in [5, 5.41) is 16.0. The van der Waals surface area contributed by atoms with Gasteiger partial charge in [0.05, 0.1) is 6.42 Å². The van der Waals surface area contributed by atoms with Crippen molar-refractivity contribution in [2.45, 2.75) is 12.8 Å². The third kappa shape index (κ3) is 4.70. The summed E-state index contributed by atoms with van der Waals surface area (Å²) in [4.78, 5) is 35.3. The first-order valence-corrected chi connectivity index (χ1v) is 10.2. The van der Waals surface area contributed by atoms with E-state index in [9.17, 15) is 9.59 Å². The number of aliphatic carboxylic acids is 1. The zero-order valence-corrected chi connectivity index (χ0v) is 17.9. The zero-order valence-electron chi connectivity index (χ0n) is 17.1. The van der Waals surface area contributed by atoms with E-state index in [1.807, 2.05) is 36.5 Å². The van der Waals surface area contributed by atoms with Crippen molar-refractivity contribution in [1.29, 1.82) is 0 Å². The van der Waals surface area contributed by atoms with Crippen LogP contribution in [0.1, 0.15) is 27.3 Å². The predicted octanol–water partition coefficient (Wildman–Crippen LogP) is 4.12. The Hall–Kier alpha value is -3.91. The normalized spacial score (nSPS) is 10.8. The van der Waals surface area contributed by atoms with Crippen molar-refractivity contribution < 1.29 is 14.7 Å². The lowest BCUT2D eigenvalue weighted by Crippen LogP contribution is -2.12. The Morgan fingerprint density at radius 1 is 1.09 bits per heavy atom. The number of aromatic nitrogens is 3. The number of aromatic amines is 1. The molecule has 0 radical (unpaired) electrons. The highest BCUT2D eigenvalue weighted by molar-refractivity contribution is 6.30. The van der Waals surface area contributed by atoms with Crippen molar-refractivity contribution >= 4 is 45.9 Å². The van der Waals surface area contributed by atoms with Crippen LogP contribution in [-0.4, -0.2) is 39.0 Å². The number of fused-ring (bicyclic) bond motifs is 1. The molecule has 0 aliphatic heterocycles. The molecule has 8 nitrogen and oxygen atoms in total. The van der Waals surface area contributed by atoms with Crippen LogP contribution in [0.3, 0.4) is 0 Å². The van der Waals surface area contributed by atoms with Gasteiger partial charge in [0.25, 0.3) is 5.91 Å². The van der Waals surface area contributed by atoms with Gasteiger partial charge >= 0.3 is 5.97 Å². The number of nitrogens with one attached hydrogen (secondary N) is 3. The van der Waals surface area contributed by atoms with E-state index in [-0.39, 0.29) is 17.5 Å². The fourth-order valence-electron chi connectivity index (χ4n) is 3.37. The average molecular weight is 450 g/mol. The summed E-state index contributed by atoms with van der Waals surface area (Å²) in [7, 11) is 1.65. The molecule has 0 saturated carbocycles. The molecule has 0 unspecified atom stereocenters. The molecule has 0 aliphatic rings. The molecule has 9 heteroatoms. The number of hydrogen-bond donors (Lipinski definition) is 4. The van der Waals surface area contributed by atoms with Crippen LogP contribution >= 0.6 is 11.6 Å². The van der Waals surface area contributed by atoms with Crippen molar-refractivity contribution in [2.24, 2.45) is 0 Å². The van der Waals surface area contributed by atoms with Gasteiger partial charge in [-0.25, -0.2) is 9.97 Å². The second-order valence-electron chi connectivity index (χ2n) is 7.19. The molecule has 0 atom stereocenters. The first-order chi connectivity index (χ1) is 15.4. The van der Waals surface area contributed by atoms with Crippen molar-refractivity contribution in [1.82, 2.24) is 15.0 Å². The largest absolute Gasteiger partial charge is 0.481 e. The molecular formula is C23H20ClN5O3. The summed E-state index contributed by atoms with van der Waals surface area (Å²) >= 11 is 6.19. The highest BCUT2D eigenvalue weighted by Gasteiger charge is 2.15. The molecule has 1 amide bonds. The molecule has 4 rings (SSSR count). The van der Waals surface area contributed by atoms with Crippen LogP contribution < -0.4 is 10.6 Å². The van der Waals surface area contributed by atoms with Crippen LogP contribution in [-0.2, 0) is 17.6 Å². The van der Waals surface area contributed by atoms with Gasteiger partial charge in [0.15, 0.2) is 0 Å². The van der Waals surface area contributed by atoms with Gasteiger partial charge in [0, 0.05) is 42.0 Å². The van der Waals surface area contributed by atoms with Gasteiger partial charge in [-0.3, -0.25) is 9.59 Å². The third-order valence-electron chi connectivity index (χ3n) is 4.96. The summed E-state index contributed by atoms with van der Waals surface area (Å²) in [5.41, 5.74) is 3.40. The maximum atomic E-state index is 12.6. The maximum Gasteiger partial charge on any atom is 0.308 e. The lowest BCUT2D eigenvalue weighted by molar-refractivity contribution is -0.136. The number of carbonyl (C=O) groups excluding carboxylic acids is 1. The standard InChI is InChI=1S/C23H20ClN5O3/c1-25-22-17(12-20(30)31)21(24)28-19(29-22)10-13-2-6-16(7-3-13)27-23(32)15-5-4-14-8-9-26-18(14)11-15/h2-9,11,26H,10,12H2,1H3,(H,27,32)(H,30,31)(H,25,28,29). The topological polar surface area (TPSA) is 120 Å². The molecule has 2 aromatic carbocycles. The molecule has 4 aromatic rings. The van der Waals surface area contributed by atoms with Crippen molar-refractivity contribution in [3.8, 4) is 0 Å². The summed E-state index contributed by atoms with van der Waals surface area (Å²) in [5.74, 6) is -0.350. The number of carboxylic acids is 1. The number of carbonyl (C=O) groups is 2. The van der Waals surface area contributed by atoms with Crippen molar-refractivity contribution in [3.05, 3.63) is 82.4 Å². The third-order valence-corrected chi connectivity index (χ3v) is 5.27. The SMILES string of the molecule is CNc1nc(Cc2ccc(NC(=O)c3ccc4cc[nH]c4c3)cc2)nc(Cl)c1CC(=O)O. The quantitative estimate of drug-likeness (QED) is 0.315. The van der Waals surface area contributed by atoms with E-state index in [1.54, 1.807) is 25.2 Å². The minimum Gasteiger partial charge on any atom is -0.481 e. The monoisotopic (exact) mass is 449 g/mol. The van der Waals surface area contributed by atoms with Gasteiger partial charge in [0.2, 0.25) is 0 Å². The molecule has 162 valence electrons. The number of halogens is 1. The van der Waals surface area contributed by atoms with Gasteiger partial charge in [-0.05, 0) is 41.3 Å². The van der Waals surface area contributed by atoms with Crippen LogP contribution in [0.4, 0.5) is 11.5 Å². The van der Waals surface area contributed by atoms with Gasteiger partial charge in [-0.2, -0.15) is 0 Å². The van der Waals surface area contributed by atoms with Crippen LogP contribution in [0.2, 0.25) is 5.15 Å². The molecular weight excluding hydrogens is 430 g/mol. The summed E-state index contributed by atoms with van der Waals surface area (Å²) in [6.45, 7) is 0. The van der Waals surface area contributed by atoms with E-state index in [2.05, 4.69) is 25.6 Å². The summed E-state index contributed by atoms with van der Waals surface area (Å²) in [6.07, 6.45) is 1.97. The van der Waals surface area contributed by atoms with E-state index in [1.165, 1.54) is 0 Å². The van der Waals surface area contributed by atoms with Gasteiger partial charge in [0.1, 0.15) is 16.8 Å². The fraction of sp³-hybridized carbons (Fsp3) is 0.130. The van der Waals surface area contributed by atoms with Gasteiger partial charge < -0.3 is 20.7 Å². The number of amides is 1. The molecule has 32 heavy (non-hydrogen) atoms. The Labute approximate surface area is 188 Å². The molecule has 0 bridgehead atoms. The molecule has 0 aliphatic carbocycles. The molecule has 0 spiro atoms. The number of hydrogen-bond acceptors (Lipinski definition) is 5. The van der Waals surface area contributed by atoms with E-state index in [0.29, 0.717) is 34.9 Å². The Balaban J connectivity index is 1.46. The number of nitrogens with zero attached hydrogens (tertiary/aromatic N) is 2. The van der Waals surface area contributed by atoms with Crippen LogP contribution in [0, 0.1) is 0 Å². The Morgan fingerprint density at radius 2 is 1.88 bits per heavy atom. The fourth-order valence-corrected chi connectivity index (χ4v) is 3.63. The van der Waals surface area contributed by atoms with Gasteiger partial charge in [-0.1, -0.05) is 29.8 Å². The van der Waals surface area contributed by atoms with Crippen LogP contribution in [0.15, 0.2) is 54.7 Å². The average Bonchev–Trinajstić information content (AvgIpc) is 3.24. The Morgan fingerprint density at radius 3 is 2.59 bits per heavy atom. The van der Waals surface area contributed by atoms with Crippen molar-refractivity contribution in [3.63, 3.8) is 0 Å². The second kappa shape index (κ2) is 9.07. The maximum absolute atomic E-state index is 12.6. The predicted molar refractivity (Wildman–Crippen MR) is 123 cm³/mol. The van der Waals surface area contributed by atoms with E-state index < -0.39 is 5.97 Å². The molecule has 0 fully saturated rings. The first-order valence-electron chi connectivity index (χ1n) is 9.85. The summed E-state index contributed by atoms with van der Waals surface area (Å²) in [6, 6.07) is 14.8. The minimum absolute atomic E-state index is 0.115. The smallest absolute Gasteiger partial charge is 0.308 e. The molecule has 0 saturated heterocycles. The zero-order chi connectivity index (χ0) is 22.7. The van der Waals surface area contributed by atoms with E-state index in [4.69, 9.17) is 16.7 Å². The molecule has 2 heterocycles. The van der Waals surface area contributed by atoms with Crippen LogP contribution in [0.5, 0.6) is 0 Å². The number of rotatable bonds is 7. The van der Waals surface area contributed by atoms with E-state index in [0.717, 1.165) is 16.5 Å². The summed E-state index contributed by atoms with van der Waals surface area (Å²) < 4.78 is 0.